The van der Waals surface area contributed by atoms with Gasteiger partial charge in [0.25, 0.3) is 0 Å². The van der Waals surface area contributed by atoms with E-state index in [0.717, 1.165) is 29.7 Å². The number of fused-ring (bicyclic) bond motifs is 2. The second kappa shape index (κ2) is 5.72. The van der Waals surface area contributed by atoms with Crippen LogP contribution in [0.4, 0.5) is 0 Å². The summed E-state index contributed by atoms with van der Waals surface area (Å²) in [5.74, 6) is 0.389. The van der Waals surface area contributed by atoms with Crippen LogP contribution < -0.4 is 0 Å². The summed E-state index contributed by atoms with van der Waals surface area (Å²) in [5.41, 5.74) is 2.39. The van der Waals surface area contributed by atoms with E-state index in [4.69, 9.17) is 9.26 Å². The highest BCUT2D eigenvalue weighted by atomic mass is 16.6. The van der Waals surface area contributed by atoms with Crippen LogP contribution in [-0.2, 0) is 21.6 Å². The number of nitrogens with zero attached hydrogens (tertiary/aromatic N) is 2. The number of amides is 1. The lowest BCUT2D eigenvalue weighted by Gasteiger charge is -2.39. The van der Waals surface area contributed by atoms with Gasteiger partial charge in [0.1, 0.15) is 5.76 Å². The molecular formula is C19H20N2O4. The molecule has 4 rings (SSSR count). The Morgan fingerprint density at radius 3 is 2.88 bits per heavy atom. The molecule has 0 aliphatic carbocycles. The molecule has 2 aliphatic heterocycles. The molecule has 1 aromatic heterocycles. The molecule has 1 saturated heterocycles. The highest BCUT2D eigenvalue weighted by Crippen LogP contribution is 2.42. The fraction of sp³-hybridized carbons (Fsp3) is 0.421. The molecule has 2 aromatic rings. The van der Waals surface area contributed by atoms with Crippen molar-refractivity contribution in [2.75, 3.05) is 13.1 Å². The van der Waals surface area contributed by atoms with E-state index in [9.17, 15) is 9.59 Å². The molecule has 1 atom stereocenters. The molecule has 1 aromatic carbocycles. The third-order valence-corrected chi connectivity index (χ3v) is 5.24. The number of piperidine rings is 1. The Labute approximate surface area is 145 Å². The van der Waals surface area contributed by atoms with Gasteiger partial charge >= 0.3 is 5.97 Å². The number of carbonyl (C=O) groups excluding carboxylic acids is 2. The largest absolute Gasteiger partial charge is 0.449 e. The Balaban J connectivity index is 1.58. The second-order valence-corrected chi connectivity index (χ2v) is 6.83. The van der Waals surface area contributed by atoms with Crippen molar-refractivity contribution < 1.29 is 18.8 Å². The molecule has 1 amide bonds. The average molecular weight is 340 g/mol. The molecule has 6 nitrogen and oxygen atoms in total. The van der Waals surface area contributed by atoms with Crippen molar-refractivity contribution in [3.8, 4) is 0 Å². The minimum atomic E-state index is -0.708. The van der Waals surface area contributed by atoms with Gasteiger partial charge in [-0.3, -0.25) is 4.79 Å². The van der Waals surface area contributed by atoms with Crippen LogP contribution in [0.1, 0.15) is 45.8 Å². The smallest absolute Gasteiger partial charge is 0.339 e. The summed E-state index contributed by atoms with van der Waals surface area (Å²) in [6.45, 7) is 4.72. The van der Waals surface area contributed by atoms with E-state index in [1.807, 2.05) is 32.0 Å². The Morgan fingerprint density at radius 1 is 1.32 bits per heavy atom. The zero-order chi connectivity index (χ0) is 17.6. The molecule has 1 fully saturated rings. The number of likely N-dealkylation sites (tertiary alicyclic amines) is 1. The first-order chi connectivity index (χ1) is 12.0. The summed E-state index contributed by atoms with van der Waals surface area (Å²) in [6, 6.07) is 7.47. The zero-order valence-corrected chi connectivity index (χ0v) is 14.4. The molecule has 1 unspecified atom stereocenters. The highest BCUT2D eigenvalue weighted by Gasteiger charge is 2.48. The van der Waals surface area contributed by atoms with Crippen LogP contribution in [0, 0.1) is 13.8 Å². The number of carbonyl (C=O) groups is 2. The number of aromatic nitrogens is 1. The van der Waals surface area contributed by atoms with Crippen molar-refractivity contribution in [2.24, 2.45) is 0 Å². The van der Waals surface area contributed by atoms with Gasteiger partial charge in [0.05, 0.1) is 24.2 Å². The molecule has 0 radical (unpaired) electrons. The number of hydrogen-bond acceptors (Lipinski definition) is 5. The first-order valence-corrected chi connectivity index (χ1v) is 8.52. The van der Waals surface area contributed by atoms with Gasteiger partial charge in [-0.05, 0) is 32.8 Å². The number of aryl methyl sites for hydroxylation is 2. The third kappa shape index (κ3) is 2.52. The van der Waals surface area contributed by atoms with Gasteiger partial charge in [0.15, 0.2) is 5.60 Å². The van der Waals surface area contributed by atoms with Gasteiger partial charge < -0.3 is 14.2 Å². The van der Waals surface area contributed by atoms with Gasteiger partial charge in [0.2, 0.25) is 5.91 Å². The number of rotatable bonds is 2. The van der Waals surface area contributed by atoms with E-state index in [-0.39, 0.29) is 18.3 Å². The van der Waals surface area contributed by atoms with Gasteiger partial charge in [-0.1, -0.05) is 23.4 Å². The third-order valence-electron chi connectivity index (χ3n) is 5.24. The van der Waals surface area contributed by atoms with E-state index in [1.54, 1.807) is 11.0 Å². The molecule has 1 spiro atoms. The summed E-state index contributed by atoms with van der Waals surface area (Å²) in [6.07, 6.45) is 1.80. The maximum Gasteiger partial charge on any atom is 0.339 e. The van der Waals surface area contributed by atoms with Crippen LogP contribution >= 0.6 is 0 Å². The predicted octanol–water partition coefficient (Wildman–Crippen LogP) is 2.52. The van der Waals surface area contributed by atoms with Crippen LogP contribution in [-0.4, -0.2) is 35.0 Å². The van der Waals surface area contributed by atoms with E-state index in [2.05, 4.69) is 5.16 Å². The van der Waals surface area contributed by atoms with E-state index < -0.39 is 5.60 Å². The van der Waals surface area contributed by atoms with Crippen molar-refractivity contribution in [1.82, 2.24) is 10.1 Å². The lowest BCUT2D eigenvalue weighted by atomic mass is 9.85. The van der Waals surface area contributed by atoms with Gasteiger partial charge in [-0.2, -0.15) is 0 Å². The fourth-order valence-corrected chi connectivity index (χ4v) is 3.90. The van der Waals surface area contributed by atoms with Crippen LogP contribution in [0.25, 0.3) is 0 Å². The van der Waals surface area contributed by atoms with Crippen LogP contribution in [0.15, 0.2) is 28.8 Å². The normalized spacial score (nSPS) is 22.2. The van der Waals surface area contributed by atoms with Crippen molar-refractivity contribution in [2.45, 2.75) is 38.7 Å². The Kier molecular flexibility index (Phi) is 3.63. The zero-order valence-electron chi connectivity index (χ0n) is 14.4. The van der Waals surface area contributed by atoms with Gasteiger partial charge in [-0.15, -0.1) is 0 Å². The van der Waals surface area contributed by atoms with Crippen molar-refractivity contribution in [3.63, 3.8) is 0 Å². The van der Waals surface area contributed by atoms with Crippen LogP contribution in [0.5, 0.6) is 0 Å². The SMILES string of the molecule is Cc1noc(C)c1CC(=O)N1CCCC2(C1)OC(=O)c1ccccc12. The number of hydrogen-bond donors (Lipinski definition) is 0. The summed E-state index contributed by atoms with van der Waals surface area (Å²) >= 11 is 0. The molecule has 2 aliphatic rings. The highest BCUT2D eigenvalue weighted by molar-refractivity contribution is 5.95. The van der Waals surface area contributed by atoms with Crippen LogP contribution in [0.3, 0.4) is 0 Å². The summed E-state index contributed by atoms with van der Waals surface area (Å²) in [5, 5.41) is 3.91. The van der Waals surface area contributed by atoms with Gasteiger partial charge in [0, 0.05) is 17.7 Å². The maximum atomic E-state index is 12.8. The van der Waals surface area contributed by atoms with Crippen LogP contribution in [0.2, 0.25) is 0 Å². The van der Waals surface area contributed by atoms with Gasteiger partial charge in [-0.25, -0.2) is 4.79 Å². The first kappa shape index (κ1) is 15.9. The number of ether oxygens (including phenoxy) is 1. The molecule has 3 heterocycles. The fourth-order valence-electron chi connectivity index (χ4n) is 3.90. The molecule has 0 saturated carbocycles. The lowest BCUT2D eigenvalue weighted by molar-refractivity contribution is -0.138. The molecule has 0 N–H and O–H groups in total. The summed E-state index contributed by atoms with van der Waals surface area (Å²) < 4.78 is 10.9. The van der Waals surface area contributed by atoms with E-state index >= 15 is 0 Å². The van der Waals surface area contributed by atoms with E-state index in [0.29, 0.717) is 24.4 Å². The minimum absolute atomic E-state index is 0.00825. The first-order valence-electron chi connectivity index (χ1n) is 8.52. The standard InChI is InChI=1S/C19H20N2O4/c1-12-15(13(2)25-20-12)10-17(22)21-9-5-8-19(11-21)16-7-4-3-6-14(16)18(23)24-19/h3-4,6-7H,5,8-11H2,1-2H3. The quantitative estimate of drug-likeness (QED) is 0.786. The number of benzene rings is 1. The summed E-state index contributed by atoms with van der Waals surface area (Å²) in [7, 11) is 0. The average Bonchev–Trinajstić information content (AvgIpc) is 3.07. The van der Waals surface area contributed by atoms with Crippen molar-refractivity contribution in [3.05, 3.63) is 52.4 Å². The molecule has 25 heavy (non-hydrogen) atoms. The van der Waals surface area contributed by atoms with Crippen molar-refractivity contribution in [1.29, 1.82) is 0 Å². The predicted molar refractivity (Wildman–Crippen MR) is 89.0 cm³/mol. The molecular weight excluding hydrogens is 320 g/mol. The molecule has 6 heteroatoms. The Hall–Kier alpha value is -2.63. The minimum Gasteiger partial charge on any atom is -0.449 e. The Bertz CT molecular complexity index is 837. The summed E-state index contributed by atoms with van der Waals surface area (Å²) in [4.78, 5) is 26.8. The van der Waals surface area contributed by atoms with Crippen molar-refractivity contribution >= 4 is 11.9 Å². The molecule has 130 valence electrons. The second-order valence-electron chi connectivity index (χ2n) is 6.83. The lowest BCUT2D eigenvalue weighted by Crippen LogP contribution is -2.49. The van der Waals surface area contributed by atoms with E-state index in [1.165, 1.54) is 0 Å². The maximum absolute atomic E-state index is 12.8. The monoisotopic (exact) mass is 340 g/mol. The Morgan fingerprint density at radius 2 is 2.12 bits per heavy atom. The topological polar surface area (TPSA) is 72.6 Å². The number of esters is 1. The molecule has 0 bridgehead atoms.